The number of carboxylic acids is 4. The predicted octanol–water partition coefficient (Wildman–Crippen LogP) is -5.69. The van der Waals surface area contributed by atoms with Gasteiger partial charge in [0, 0.05) is 13.0 Å². The molecule has 0 heterocycles. The second-order valence-electron chi connectivity index (χ2n) is 20.9. The van der Waals surface area contributed by atoms with Crippen LogP contribution in [0.25, 0.3) is 0 Å². The first kappa shape index (κ1) is 73.3. The lowest BCUT2D eigenvalue weighted by molar-refractivity contribution is -0.144. The van der Waals surface area contributed by atoms with Crippen LogP contribution >= 0.6 is 0 Å². The molecule has 0 saturated carbocycles. The third-order valence-corrected chi connectivity index (χ3v) is 12.0. The van der Waals surface area contributed by atoms with Gasteiger partial charge in [-0.25, -0.2) is 4.79 Å². The molecule has 470 valence electrons. The number of aromatic hydroxyl groups is 1. The van der Waals surface area contributed by atoms with Crippen molar-refractivity contribution in [2.45, 2.75) is 160 Å². The summed E-state index contributed by atoms with van der Waals surface area (Å²) >= 11 is 0. The summed E-state index contributed by atoms with van der Waals surface area (Å²) in [5, 5.41) is 89.1. The van der Waals surface area contributed by atoms with Crippen molar-refractivity contribution in [2.24, 2.45) is 39.9 Å². The Kier molecular flexibility index (Phi) is 32.0. The summed E-state index contributed by atoms with van der Waals surface area (Å²) in [6, 6.07) is -12.0. The van der Waals surface area contributed by atoms with Crippen molar-refractivity contribution in [1.82, 2.24) is 47.9 Å². The van der Waals surface area contributed by atoms with Gasteiger partial charge in [-0.1, -0.05) is 53.7 Å². The summed E-state index contributed by atoms with van der Waals surface area (Å²) in [5.41, 5.74) is 16.5. The zero-order valence-corrected chi connectivity index (χ0v) is 47.4. The lowest BCUT2D eigenvalue weighted by atomic mass is 10.0. The first-order valence-corrected chi connectivity index (χ1v) is 26.6. The number of rotatable bonds is 39. The molecule has 0 fully saturated rings. The third kappa shape index (κ3) is 28.3. The van der Waals surface area contributed by atoms with Crippen LogP contribution in [0, 0.1) is 17.8 Å². The summed E-state index contributed by atoms with van der Waals surface area (Å²) in [5.74, 6) is -18.3. The van der Waals surface area contributed by atoms with E-state index in [2.05, 4.69) is 52.8 Å². The number of nitrogens with zero attached hydrogens (tertiary/aromatic N) is 1. The molecular formula is C51H81N13O20. The van der Waals surface area contributed by atoms with Crippen molar-refractivity contribution in [3.05, 3.63) is 29.8 Å². The minimum absolute atomic E-state index is 0.0209. The maximum Gasteiger partial charge on any atom is 0.326 e. The molecule has 0 aliphatic carbocycles. The zero-order valence-electron chi connectivity index (χ0n) is 47.4. The van der Waals surface area contributed by atoms with Crippen LogP contribution < -0.4 is 65.1 Å². The number of benzene rings is 1. The average Bonchev–Trinajstić information content (AvgIpc) is 3.53. The summed E-state index contributed by atoms with van der Waals surface area (Å²) < 4.78 is 0. The molecule has 22 N–H and O–H groups in total. The van der Waals surface area contributed by atoms with E-state index in [1.54, 1.807) is 41.5 Å². The van der Waals surface area contributed by atoms with Gasteiger partial charge in [0.1, 0.15) is 60.1 Å². The number of guanidine groups is 1. The standard InChI is InChI=1S/C51H81N13O20/c1-23(2)14-30(57-41(74)28(52)18-38(68)69)44(77)63-37(22-66)49(82)60-33(17-26-9-11-27(67)12-10-26)45(78)64-36(21-65)48(81)59-32(16-25(5)6)43(76)61-35(20-40(72)73)47(80)62-34(19-39(70)71)46(79)58-31(15-24(3)4)42(75)56-29(50(83)84)8-7-13-55-51(53)54/h9-12,23-25,28-37,65-67H,7-8,13-22,52H2,1-6H3,(H,56,75)(H,57,74)(H,58,79)(H,59,81)(H,60,82)(H,61,76)(H,62,80)(H,63,77)(H,64,78)(H,68,69)(H,70,71)(H,72,73)(H,83,84)(H4,53,54,55)/t28-,29-,30-,31-,32-,33-,34-,35-,36-,37-/m0/s1. The van der Waals surface area contributed by atoms with Gasteiger partial charge in [0.25, 0.3) is 0 Å². The van der Waals surface area contributed by atoms with Crippen molar-refractivity contribution < 1.29 is 98.1 Å². The molecule has 10 atom stereocenters. The van der Waals surface area contributed by atoms with Crippen LogP contribution in [0.3, 0.4) is 0 Å². The van der Waals surface area contributed by atoms with E-state index in [1.807, 2.05) is 0 Å². The Morgan fingerprint density at radius 3 is 1.10 bits per heavy atom. The van der Waals surface area contributed by atoms with Gasteiger partial charge in [-0.3, -0.25) is 62.5 Å². The highest BCUT2D eigenvalue weighted by molar-refractivity contribution is 6.00. The summed E-state index contributed by atoms with van der Waals surface area (Å²) in [6.45, 7) is 7.62. The Bertz CT molecular complexity index is 2490. The van der Waals surface area contributed by atoms with Crippen molar-refractivity contribution >= 4 is 83.0 Å². The quantitative estimate of drug-likeness (QED) is 0.0166. The summed E-state index contributed by atoms with van der Waals surface area (Å²) in [7, 11) is 0. The fourth-order valence-corrected chi connectivity index (χ4v) is 7.84. The number of phenols is 1. The summed E-state index contributed by atoms with van der Waals surface area (Å²) in [6.07, 6.45) is -3.99. The van der Waals surface area contributed by atoms with Crippen LogP contribution in [0.15, 0.2) is 29.3 Å². The van der Waals surface area contributed by atoms with Crippen molar-refractivity contribution in [3.8, 4) is 5.75 Å². The van der Waals surface area contributed by atoms with E-state index >= 15 is 0 Å². The maximum atomic E-state index is 14.0. The molecule has 0 unspecified atom stereocenters. The zero-order chi connectivity index (χ0) is 64.1. The highest BCUT2D eigenvalue weighted by atomic mass is 16.4. The largest absolute Gasteiger partial charge is 0.508 e. The Labute approximate surface area is 482 Å². The van der Waals surface area contributed by atoms with Gasteiger partial charge >= 0.3 is 23.9 Å². The van der Waals surface area contributed by atoms with Gasteiger partial charge in [-0.2, -0.15) is 0 Å². The minimum Gasteiger partial charge on any atom is -0.508 e. The number of amides is 9. The SMILES string of the molecule is CC(C)C[C@H](NC(=O)[C@H](CC(=O)O)NC(=O)[C@H](CC(=O)O)NC(=O)[C@H](CC(C)C)NC(=O)[C@H](CO)NC(=O)[C@H](Cc1ccc(O)cc1)NC(=O)[C@H](CO)NC(=O)[C@H](CC(C)C)NC(=O)[C@@H](N)CC(=O)O)C(=O)N[C@@H](CCCN=C(N)N)C(=O)O. The predicted molar refractivity (Wildman–Crippen MR) is 294 cm³/mol. The highest BCUT2D eigenvalue weighted by Gasteiger charge is 2.37. The van der Waals surface area contributed by atoms with Crippen LogP contribution in [-0.4, -0.2) is 199 Å². The second kappa shape index (κ2) is 36.7. The third-order valence-electron chi connectivity index (χ3n) is 12.0. The van der Waals surface area contributed by atoms with E-state index in [1.165, 1.54) is 24.3 Å². The molecule has 0 radical (unpaired) electrons. The Hall–Kier alpha value is -8.72. The van der Waals surface area contributed by atoms with Gasteiger partial charge in [0.05, 0.1) is 38.5 Å². The molecule has 1 aromatic carbocycles. The number of aliphatic carboxylic acids is 4. The van der Waals surface area contributed by atoms with Gasteiger partial charge < -0.3 is 101 Å². The van der Waals surface area contributed by atoms with Crippen molar-refractivity contribution in [1.29, 1.82) is 0 Å². The molecule has 0 aliphatic heterocycles. The number of nitrogens with two attached hydrogens (primary N) is 3. The van der Waals surface area contributed by atoms with E-state index in [0.717, 1.165) is 0 Å². The molecule has 1 rings (SSSR count). The van der Waals surface area contributed by atoms with Crippen LogP contribution in [0.4, 0.5) is 0 Å². The van der Waals surface area contributed by atoms with Crippen molar-refractivity contribution in [2.75, 3.05) is 19.8 Å². The highest BCUT2D eigenvalue weighted by Crippen LogP contribution is 2.14. The van der Waals surface area contributed by atoms with Crippen LogP contribution in [-0.2, 0) is 68.7 Å². The number of hydrogen-bond donors (Lipinski definition) is 19. The van der Waals surface area contributed by atoms with E-state index < -0.39 is 182 Å². The van der Waals surface area contributed by atoms with Crippen LogP contribution in [0.1, 0.15) is 98.5 Å². The lowest BCUT2D eigenvalue weighted by Gasteiger charge is -2.28. The van der Waals surface area contributed by atoms with Crippen LogP contribution in [0.2, 0.25) is 0 Å². The van der Waals surface area contributed by atoms with E-state index in [-0.39, 0.29) is 62.2 Å². The molecule has 9 amide bonds. The van der Waals surface area contributed by atoms with E-state index in [4.69, 9.17) is 22.3 Å². The number of phenolic OH excluding ortho intramolecular Hbond substituents is 1. The number of nitrogens with one attached hydrogen (secondary N) is 9. The molecule has 33 nitrogen and oxygen atoms in total. The monoisotopic (exact) mass is 1200 g/mol. The molecule has 0 aromatic heterocycles. The Morgan fingerprint density at radius 1 is 0.440 bits per heavy atom. The number of aliphatic hydroxyl groups excluding tert-OH is 2. The molecule has 0 saturated heterocycles. The minimum atomic E-state index is -2.09. The van der Waals surface area contributed by atoms with E-state index in [0.29, 0.717) is 5.56 Å². The second-order valence-corrected chi connectivity index (χ2v) is 20.9. The molecule has 33 heteroatoms. The number of carbonyl (C=O) groups excluding carboxylic acids is 9. The molecule has 1 aromatic rings. The number of aliphatic hydroxyl groups is 2. The number of carboxylic acid groups (broad SMARTS) is 4. The fourth-order valence-electron chi connectivity index (χ4n) is 7.84. The van der Waals surface area contributed by atoms with Gasteiger partial charge in [0.15, 0.2) is 5.96 Å². The van der Waals surface area contributed by atoms with Gasteiger partial charge in [-0.15, -0.1) is 0 Å². The summed E-state index contributed by atoms with van der Waals surface area (Å²) in [4.78, 5) is 173. The normalized spacial score (nSPS) is 14.7. The Balaban J connectivity index is 3.48. The smallest absolute Gasteiger partial charge is 0.326 e. The van der Waals surface area contributed by atoms with E-state index in [9.17, 15) is 93.0 Å². The number of aliphatic imine (C=N–C) groups is 1. The fraction of sp³-hybridized carbons (Fsp3) is 0.608. The molecule has 84 heavy (non-hydrogen) atoms. The molecule has 0 aliphatic rings. The van der Waals surface area contributed by atoms with Gasteiger partial charge in [-0.05, 0) is 67.6 Å². The average molecular weight is 1200 g/mol. The van der Waals surface area contributed by atoms with Crippen molar-refractivity contribution in [3.63, 3.8) is 0 Å². The lowest BCUT2D eigenvalue weighted by Crippen LogP contribution is -2.62. The topological polar surface area (TPSA) is 562 Å². The first-order chi connectivity index (χ1) is 39.2. The van der Waals surface area contributed by atoms with Crippen LogP contribution in [0.5, 0.6) is 5.75 Å². The Morgan fingerprint density at radius 2 is 0.750 bits per heavy atom. The molecule has 0 bridgehead atoms. The number of carbonyl (C=O) groups is 13. The molecule has 0 spiro atoms. The van der Waals surface area contributed by atoms with Gasteiger partial charge in [0.2, 0.25) is 53.2 Å². The molecular weight excluding hydrogens is 1110 g/mol. The first-order valence-electron chi connectivity index (χ1n) is 26.6. The maximum absolute atomic E-state index is 14.0. The number of hydrogen-bond acceptors (Lipinski definition) is 18.